The molecule has 0 unspecified atom stereocenters. The van der Waals surface area contributed by atoms with E-state index in [4.69, 9.17) is 0 Å². The lowest BCUT2D eigenvalue weighted by Gasteiger charge is -2.23. The molecule has 1 aromatic carbocycles. The molecule has 1 saturated heterocycles. The van der Waals surface area contributed by atoms with Gasteiger partial charge in [0, 0.05) is 19.8 Å². The first-order chi connectivity index (χ1) is 10.8. The third-order valence-electron chi connectivity index (χ3n) is 4.15. The van der Waals surface area contributed by atoms with Gasteiger partial charge in [-0.05, 0) is 31.0 Å². The molecule has 0 amide bonds. The zero-order valence-electron chi connectivity index (χ0n) is 12.8. The third-order valence-corrected chi connectivity index (χ3v) is 5.89. The van der Waals surface area contributed by atoms with Crippen molar-refractivity contribution in [1.82, 2.24) is 13.9 Å². The van der Waals surface area contributed by atoms with Crippen LogP contribution in [0, 0.1) is 12.7 Å². The van der Waals surface area contributed by atoms with E-state index in [0.717, 1.165) is 0 Å². The minimum absolute atomic E-state index is 0.00000165. The fourth-order valence-electron chi connectivity index (χ4n) is 2.81. The highest BCUT2D eigenvalue weighted by Crippen LogP contribution is 2.36. The van der Waals surface area contributed by atoms with Gasteiger partial charge < -0.3 is 9.67 Å². The lowest BCUT2D eigenvalue weighted by atomic mass is 10.0. The van der Waals surface area contributed by atoms with Gasteiger partial charge in [-0.2, -0.15) is 4.31 Å². The van der Waals surface area contributed by atoms with Crippen LogP contribution in [0.3, 0.4) is 0 Å². The summed E-state index contributed by atoms with van der Waals surface area (Å²) in [7, 11) is -2.11. The third kappa shape index (κ3) is 2.89. The van der Waals surface area contributed by atoms with Crippen LogP contribution in [0.15, 0.2) is 35.5 Å². The van der Waals surface area contributed by atoms with E-state index < -0.39 is 22.2 Å². The van der Waals surface area contributed by atoms with Gasteiger partial charge >= 0.3 is 0 Å². The predicted molar refractivity (Wildman–Crippen MR) is 81.6 cm³/mol. The van der Waals surface area contributed by atoms with Crippen molar-refractivity contribution in [2.45, 2.75) is 30.5 Å². The number of rotatable bonds is 3. The van der Waals surface area contributed by atoms with Crippen LogP contribution in [0.4, 0.5) is 4.39 Å². The van der Waals surface area contributed by atoms with Gasteiger partial charge in [0.25, 0.3) is 10.0 Å². The standard InChI is InChI=1S/C15H18FN3O3S/c1-10-17-15(9-18(10)2)23(21,22)19-8-13(20)7-14(19)11-3-5-12(16)6-4-11/h3-6,9,13-14,20H,7-8H2,1-2H3/t13-,14+/m1/s1. The maximum absolute atomic E-state index is 13.1. The molecule has 0 aliphatic carbocycles. The van der Waals surface area contributed by atoms with Crippen LogP contribution in [0.5, 0.6) is 0 Å². The van der Waals surface area contributed by atoms with Crippen molar-refractivity contribution < 1.29 is 17.9 Å². The fraction of sp³-hybridized carbons (Fsp3) is 0.400. The summed E-state index contributed by atoms with van der Waals surface area (Å²) in [5.41, 5.74) is 0.652. The van der Waals surface area contributed by atoms with Gasteiger partial charge in [-0.3, -0.25) is 0 Å². The number of aryl methyl sites for hydroxylation is 2. The normalized spacial score (nSPS) is 22.6. The van der Waals surface area contributed by atoms with Crippen molar-refractivity contribution in [1.29, 1.82) is 0 Å². The molecule has 2 atom stereocenters. The molecule has 0 bridgehead atoms. The highest BCUT2D eigenvalue weighted by Gasteiger charge is 2.41. The molecule has 2 heterocycles. The number of nitrogens with zero attached hydrogens (tertiary/aromatic N) is 3. The average Bonchev–Trinajstić information content (AvgIpc) is 3.04. The minimum Gasteiger partial charge on any atom is -0.392 e. The molecule has 0 saturated carbocycles. The molecule has 2 aromatic rings. The number of aliphatic hydroxyl groups excluding tert-OH is 1. The Morgan fingerprint density at radius 2 is 1.96 bits per heavy atom. The molecular formula is C15H18FN3O3S. The van der Waals surface area contributed by atoms with Crippen molar-refractivity contribution >= 4 is 10.0 Å². The Labute approximate surface area is 134 Å². The van der Waals surface area contributed by atoms with Gasteiger partial charge in [0.15, 0.2) is 5.03 Å². The molecule has 0 radical (unpaired) electrons. The van der Waals surface area contributed by atoms with Gasteiger partial charge in [0.1, 0.15) is 11.6 Å². The number of hydrogen-bond donors (Lipinski definition) is 1. The molecule has 23 heavy (non-hydrogen) atoms. The Balaban J connectivity index is 2.00. The highest BCUT2D eigenvalue weighted by molar-refractivity contribution is 7.89. The molecule has 8 heteroatoms. The van der Waals surface area contributed by atoms with Crippen molar-refractivity contribution in [2.24, 2.45) is 7.05 Å². The van der Waals surface area contributed by atoms with Gasteiger partial charge in [-0.15, -0.1) is 0 Å². The Kier molecular flexibility index (Phi) is 3.99. The molecule has 1 aromatic heterocycles. The second-order valence-corrected chi connectivity index (χ2v) is 7.61. The SMILES string of the molecule is Cc1nc(S(=O)(=O)N2C[C@H](O)C[C@H]2c2ccc(F)cc2)cn1C. The zero-order valence-corrected chi connectivity index (χ0v) is 13.7. The van der Waals surface area contributed by atoms with E-state index in [1.54, 1.807) is 30.7 Å². The van der Waals surface area contributed by atoms with Crippen LogP contribution in [0.25, 0.3) is 0 Å². The van der Waals surface area contributed by atoms with Gasteiger partial charge in [0.05, 0.1) is 12.1 Å². The van der Waals surface area contributed by atoms with Crippen LogP contribution in [-0.4, -0.2) is 40.0 Å². The van der Waals surface area contributed by atoms with Crippen LogP contribution in [-0.2, 0) is 17.1 Å². The number of aromatic nitrogens is 2. The summed E-state index contributed by atoms with van der Waals surface area (Å²) in [6.45, 7) is 1.72. The lowest BCUT2D eigenvalue weighted by molar-refractivity contribution is 0.188. The first-order valence-corrected chi connectivity index (χ1v) is 8.68. The molecule has 1 fully saturated rings. The van der Waals surface area contributed by atoms with E-state index in [-0.39, 0.29) is 23.8 Å². The molecule has 6 nitrogen and oxygen atoms in total. The smallest absolute Gasteiger partial charge is 0.262 e. The van der Waals surface area contributed by atoms with E-state index in [0.29, 0.717) is 11.4 Å². The molecule has 3 rings (SSSR count). The average molecular weight is 339 g/mol. The zero-order chi connectivity index (χ0) is 16.8. The van der Waals surface area contributed by atoms with E-state index in [2.05, 4.69) is 4.98 Å². The Morgan fingerprint density at radius 1 is 1.30 bits per heavy atom. The largest absolute Gasteiger partial charge is 0.392 e. The van der Waals surface area contributed by atoms with Crippen LogP contribution in [0.2, 0.25) is 0 Å². The molecule has 1 N–H and O–H groups in total. The number of hydrogen-bond acceptors (Lipinski definition) is 4. The topological polar surface area (TPSA) is 75.4 Å². The number of aliphatic hydroxyl groups is 1. The Bertz CT molecular complexity index is 797. The number of β-amino-alcohol motifs (C(OH)–C–C–N with tert-alkyl or cyclic N) is 1. The number of halogens is 1. The van der Waals surface area contributed by atoms with Crippen LogP contribution in [0.1, 0.15) is 23.9 Å². The van der Waals surface area contributed by atoms with E-state index in [1.807, 2.05) is 0 Å². The summed E-state index contributed by atoms with van der Waals surface area (Å²) in [4.78, 5) is 4.09. The van der Waals surface area contributed by atoms with Crippen LogP contribution < -0.4 is 0 Å². The molecule has 0 spiro atoms. The van der Waals surface area contributed by atoms with Crippen molar-refractivity contribution in [2.75, 3.05) is 6.54 Å². The second kappa shape index (κ2) is 5.70. The highest BCUT2D eigenvalue weighted by atomic mass is 32.2. The molecule has 1 aliphatic rings. The minimum atomic E-state index is -3.83. The number of sulfonamides is 1. The lowest BCUT2D eigenvalue weighted by Crippen LogP contribution is -2.32. The maximum atomic E-state index is 13.1. The summed E-state index contributed by atoms with van der Waals surface area (Å²) >= 11 is 0. The molecule has 1 aliphatic heterocycles. The Hall–Kier alpha value is -1.77. The van der Waals surface area contributed by atoms with E-state index in [1.165, 1.54) is 22.6 Å². The van der Waals surface area contributed by atoms with Crippen LogP contribution >= 0.6 is 0 Å². The number of benzene rings is 1. The number of imidazole rings is 1. The summed E-state index contributed by atoms with van der Waals surface area (Å²) in [6.07, 6.45) is 0.970. The molecule has 124 valence electrons. The first kappa shape index (κ1) is 16.1. The summed E-state index contributed by atoms with van der Waals surface area (Å²) in [6, 6.07) is 5.14. The van der Waals surface area contributed by atoms with Gasteiger partial charge in [-0.1, -0.05) is 12.1 Å². The first-order valence-electron chi connectivity index (χ1n) is 7.24. The molecular weight excluding hydrogens is 321 g/mol. The van der Waals surface area contributed by atoms with Crippen molar-refractivity contribution in [3.8, 4) is 0 Å². The predicted octanol–water partition coefficient (Wildman–Crippen LogP) is 1.36. The second-order valence-electron chi connectivity index (χ2n) is 5.77. The van der Waals surface area contributed by atoms with E-state index in [9.17, 15) is 17.9 Å². The van der Waals surface area contributed by atoms with Crippen molar-refractivity contribution in [3.63, 3.8) is 0 Å². The summed E-state index contributed by atoms with van der Waals surface area (Å²) < 4.78 is 41.7. The fourth-order valence-corrected chi connectivity index (χ4v) is 4.50. The van der Waals surface area contributed by atoms with Gasteiger partial charge in [0.2, 0.25) is 0 Å². The Morgan fingerprint density at radius 3 is 2.52 bits per heavy atom. The summed E-state index contributed by atoms with van der Waals surface area (Å²) in [5, 5.41) is 9.91. The van der Waals surface area contributed by atoms with Crippen molar-refractivity contribution in [3.05, 3.63) is 47.7 Å². The quantitative estimate of drug-likeness (QED) is 0.916. The van der Waals surface area contributed by atoms with Gasteiger partial charge in [-0.25, -0.2) is 17.8 Å². The maximum Gasteiger partial charge on any atom is 0.262 e. The monoisotopic (exact) mass is 339 g/mol. The summed E-state index contributed by atoms with van der Waals surface area (Å²) in [5.74, 6) is 0.198. The van der Waals surface area contributed by atoms with E-state index >= 15 is 0 Å².